The molecule has 16 heavy (non-hydrogen) atoms. The normalized spacial score (nSPS) is 13.9. The summed E-state index contributed by atoms with van der Waals surface area (Å²) in [7, 11) is 0. The molecular weight excluding hydrogens is 236 g/mol. The molecule has 0 rings (SSSR count). The second-order valence-corrected chi connectivity index (χ2v) is 3.43. The second kappa shape index (κ2) is 7.20. The molecule has 0 bridgehead atoms. The third kappa shape index (κ3) is 5.69. The van der Waals surface area contributed by atoms with E-state index in [1.165, 1.54) is 0 Å². The molecule has 0 radical (unpaired) electrons. The third-order valence-electron chi connectivity index (χ3n) is 1.69. The summed E-state index contributed by atoms with van der Waals surface area (Å²) in [6.45, 7) is 0. The Morgan fingerprint density at radius 1 is 1.25 bits per heavy atom. The minimum Gasteiger partial charge on any atom is -0.480 e. The molecule has 7 nitrogen and oxygen atoms in total. The molecule has 8 heteroatoms. The third-order valence-corrected chi connectivity index (χ3v) is 2.08. The number of thiol groups is 1. The van der Waals surface area contributed by atoms with E-state index < -0.39 is 30.0 Å². The standard InChI is InChI=1S/C8H14N2O5S/c9-4(7(12)13)1-2-6(11)15-8(14)5(10)3-16/h4-5,16H,1-3,9-10H2,(H,12,13). The monoisotopic (exact) mass is 250 g/mol. The Morgan fingerprint density at radius 3 is 2.25 bits per heavy atom. The van der Waals surface area contributed by atoms with E-state index in [2.05, 4.69) is 17.4 Å². The predicted molar refractivity (Wildman–Crippen MR) is 57.8 cm³/mol. The van der Waals surface area contributed by atoms with E-state index >= 15 is 0 Å². The molecule has 5 N–H and O–H groups in total. The molecule has 0 amide bonds. The Balaban J connectivity index is 3.92. The van der Waals surface area contributed by atoms with Gasteiger partial charge in [-0.2, -0.15) is 12.6 Å². The summed E-state index contributed by atoms with van der Waals surface area (Å²) in [6, 6.07) is -2.12. The van der Waals surface area contributed by atoms with Crippen LogP contribution in [0.15, 0.2) is 0 Å². The Labute approximate surface area is 97.5 Å². The molecule has 2 atom stereocenters. The van der Waals surface area contributed by atoms with E-state index in [0.29, 0.717) is 0 Å². The number of carboxylic acids is 1. The first-order valence-corrected chi connectivity index (χ1v) is 5.11. The van der Waals surface area contributed by atoms with Crippen molar-refractivity contribution in [2.75, 3.05) is 5.75 Å². The Kier molecular flexibility index (Phi) is 6.70. The first kappa shape index (κ1) is 14.9. The van der Waals surface area contributed by atoms with Gasteiger partial charge in [0.05, 0.1) is 0 Å². The van der Waals surface area contributed by atoms with Gasteiger partial charge in [0.25, 0.3) is 0 Å². The van der Waals surface area contributed by atoms with Crippen LogP contribution < -0.4 is 11.5 Å². The van der Waals surface area contributed by atoms with Crippen LogP contribution in [0.4, 0.5) is 0 Å². The van der Waals surface area contributed by atoms with Gasteiger partial charge in [0.1, 0.15) is 12.1 Å². The van der Waals surface area contributed by atoms with Crippen molar-refractivity contribution in [2.24, 2.45) is 11.5 Å². The predicted octanol–water partition coefficient (Wildman–Crippen LogP) is -1.49. The summed E-state index contributed by atoms with van der Waals surface area (Å²) in [5.41, 5.74) is 10.4. The fraction of sp³-hybridized carbons (Fsp3) is 0.625. The fourth-order valence-electron chi connectivity index (χ4n) is 0.710. The molecule has 0 heterocycles. The van der Waals surface area contributed by atoms with Crippen molar-refractivity contribution in [1.82, 2.24) is 0 Å². The molecule has 0 aliphatic carbocycles. The number of hydrogen-bond donors (Lipinski definition) is 4. The first-order valence-electron chi connectivity index (χ1n) is 4.47. The van der Waals surface area contributed by atoms with Crippen molar-refractivity contribution in [3.8, 4) is 0 Å². The molecule has 0 aliphatic rings. The Bertz CT molecular complexity index is 284. The summed E-state index contributed by atoms with van der Waals surface area (Å²) < 4.78 is 4.33. The zero-order chi connectivity index (χ0) is 12.7. The molecule has 0 aromatic carbocycles. The molecule has 0 fully saturated rings. The van der Waals surface area contributed by atoms with Crippen LogP contribution in [0, 0.1) is 0 Å². The van der Waals surface area contributed by atoms with Gasteiger partial charge in [-0.3, -0.25) is 9.59 Å². The number of rotatable bonds is 6. The zero-order valence-electron chi connectivity index (χ0n) is 8.46. The average Bonchev–Trinajstić information content (AvgIpc) is 2.24. The summed E-state index contributed by atoms with van der Waals surface area (Å²) in [6.07, 6.45) is -0.351. The zero-order valence-corrected chi connectivity index (χ0v) is 9.35. The van der Waals surface area contributed by atoms with Gasteiger partial charge in [0.2, 0.25) is 0 Å². The Hall–Kier alpha value is -1.12. The van der Waals surface area contributed by atoms with Crippen LogP contribution in [-0.2, 0) is 19.1 Å². The summed E-state index contributed by atoms with van der Waals surface area (Å²) >= 11 is 3.75. The van der Waals surface area contributed by atoms with Crippen molar-refractivity contribution in [3.63, 3.8) is 0 Å². The molecule has 0 saturated heterocycles. The van der Waals surface area contributed by atoms with Crippen LogP contribution in [0.25, 0.3) is 0 Å². The highest BCUT2D eigenvalue weighted by Crippen LogP contribution is 1.99. The number of carbonyl (C=O) groups is 3. The second-order valence-electron chi connectivity index (χ2n) is 3.07. The summed E-state index contributed by atoms with van der Waals surface area (Å²) in [5, 5.41) is 8.43. The highest BCUT2D eigenvalue weighted by atomic mass is 32.1. The van der Waals surface area contributed by atoms with Gasteiger partial charge in [-0.05, 0) is 6.42 Å². The van der Waals surface area contributed by atoms with Crippen LogP contribution >= 0.6 is 12.6 Å². The van der Waals surface area contributed by atoms with Gasteiger partial charge in [-0.1, -0.05) is 0 Å². The van der Waals surface area contributed by atoms with Crippen LogP contribution in [0.5, 0.6) is 0 Å². The topological polar surface area (TPSA) is 133 Å². The van der Waals surface area contributed by atoms with Crippen molar-refractivity contribution < 1.29 is 24.2 Å². The average molecular weight is 250 g/mol. The largest absolute Gasteiger partial charge is 0.480 e. The lowest BCUT2D eigenvalue weighted by atomic mass is 10.2. The van der Waals surface area contributed by atoms with Gasteiger partial charge in [0, 0.05) is 12.2 Å². The molecule has 0 aromatic rings. The van der Waals surface area contributed by atoms with E-state index in [-0.39, 0.29) is 18.6 Å². The lowest BCUT2D eigenvalue weighted by molar-refractivity contribution is -0.160. The van der Waals surface area contributed by atoms with E-state index in [0.717, 1.165) is 0 Å². The smallest absolute Gasteiger partial charge is 0.331 e. The van der Waals surface area contributed by atoms with E-state index in [1.807, 2.05) is 0 Å². The SMILES string of the molecule is NC(CCC(=O)OC(=O)C(N)CS)C(=O)O. The number of nitrogens with two attached hydrogens (primary N) is 2. The van der Waals surface area contributed by atoms with Crippen molar-refractivity contribution in [3.05, 3.63) is 0 Å². The molecule has 2 unspecified atom stereocenters. The van der Waals surface area contributed by atoms with E-state index in [1.54, 1.807) is 0 Å². The number of hydrogen-bond acceptors (Lipinski definition) is 7. The first-order chi connectivity index (χ1) is 7.38. The van der Waals surface area contributed by atoms with Crippen LogP contribution in [0.2, 0.25) is 0 Å². The minimum absolute atomic E-state index is 0.0563. The van der Waals surface area contributed by atoms with Crippen LogP contribution in [0.3, 0.4) is 0 Å². The van der Waals surface area contributed by atoms with Gasteiger partial charge in [0.15, 0.2) is 0 Å². The number of ether oxygens (including phenoxy) is 1. The van der Waals surface area contributed by atoms with Gasteiger partial charge in [-0.15, -0.1) is 0 Å². The van der Waals surface area contributed by atoms with Crippen LogP contribution in [0.1, 0.15) is 12.8 Å². The van der Waals surface area contributed by atoms with Crippen molar-refractivity contribution in [2.45, 2.75) is 24.9 Å². The molecule has 92 valence electrons. The maximum atomic E-state index is 11.0. The fourth-order valence-corrected chi connectivity index (χ4v) is 0.859. The highest BCUT2D eigenvalue weighted by molar-refractivity contribution is 7.80. The van der Waals surface area contributed by atoms with E-state index in [4.69, 9.17) is 16.6 Å². The molecule has 0 aliphatic heterocycles. The lowest BCUT2D eigenvalue weighted by Gasteiger charge is -2.08. The number of esters is 2. The summed E-state index contributed by atoms with van der Waals surface area (Å²) in [5.74, 6) is -2.89. The van der Waals surface area contributed by atoms with Crippen LogP contribution in [-0.4, -0.2) is 40.9 Å². The van der Waals surface area contributed by atoms with Gasteiger partial charge < -0.3 is 21.3 Å². The lowest BCUT2D eigenvalue weighted by Crippen LogP contribution is -2.36. The van der Waals surface area contributed by atoms with Crippen molar-refractivity contribution >= 4 is 30.5 Å². The number of aliphatic carboxylic acids is 1. The Morgan fingerprint density at radius 2 is 1.81 bits per heavy atom. The van der Waals surface area contributed by atoms with Gasteiger partial charge >= 0.3 is 17.9 Å². The molecule has 0 aromatic heterocycles. The van der Waals surface area contributed by atoms with E-state index in [9.17, 15) is 14.4 Å². The molecule has 0 saturated carbocycles. The maximum absolute atomic E-state index is 11.0. The van der Waals surface area contributed by atoms with Gasteiger partial charge in [-0.25, -0.2) is 4.79 Å². The minimum atomic E-state index is -1.22. The quantitative estimate of drug-likeness (QED) is 0.256. The maximum Gasteiger partial charge on any atom is 0.331 e. The number of carboxylic acid groups (broad SMARTS) is 1. The highest BCUT2D eigenvalue weighted by Gasteiger charge is 2.19. The van der Waals surface area contributed by atoms with Crippen molar-refractivity contribution in [1.29, 1.82) is 0 Å². The summed E-state index contributed by atoms with van der Waals surface area (Å²) in [4.78, 5) is 32.3. The molecule has 0 spiro atoms. The number of carbonyl (C=O) groups excluding carboxylic acids is 2. The molecular formula is C8H14N2O5S.